The molecule has 21 heavy (non-hydrogen) atoms. The summed E-state index contributed by atoms with van der Waals surface area (Å²) in [6, 6.07) is 3.09. The zero-order chi connectivity index (χ0) is 16.2. The van der Waals surface area contributed by atoms with Crippen LogP contribution in [0.1, 0.15) is 33.4 Å². The number of urea groups is 1. The number of aliphatic carboxylic acids is 1. The molecule has 0 aliphatic rings. The van der Waals surface area contributed by atoms with Crippen molar-refractivity contribution in [3.63, 3.8) is 0 Å². The smallest absolute Gasteiger partial charge is 0.321 e. The third-order valence-electron chi connectivity index (χ3n) is 3.56. The van der Waals surface area contributed by atoms with E-state index in [0.29, 0.717) is 11.4 Å². The summed E-state index contributed by atoms with van der Waals surface area (Å²) < 4.78 is 0. The number of rotatable bonds is 4. The van der Waals surface area contributed by atoms with Crippen LogP contribution in [0.15, 0.2) is 18.3 Å². The third-order valence-corrected chi connectivity index (χ3v) is 3.56. The van der Waals surface area contributed by atoms with Gasteiger partial charge in [-0.2, -0.15) is 0 Å². The summed E-state index contributed by atoms with van der Waals surface area (Å²) in [5.74, 6) is -0.932. The number of carbonyl (C=O) groups is 2. The van der Waals surface area contributed by atoms with Gasteiger partial charge in [0.25, 0.3) is 0 Å². The van der Waals surface area contributed by atoms with Crippen LogP contribution < -0.4 is 5.32 Å². The van der Waals surface area contributed by atoms with Gasteiger partial charge in [-0.25, -0.2) is 4.79 Å². The molecule has 116 valence electrons. The van der Waals surface area contributed by atoms with Crippen molar-refractivity contribution in [1.82, 2.24) is 9.88 Å². The fourth-order valence-corrected chi connectivity index (χ4v) is 1.73. The average molecular weight is 293 g/mol. The number of carbonyl (C=O) groups excluding carboxylic acids is 1. The first-order chi connectivity index (χ1) is 9.61. The molecule has 0 aliphatic carbocycles. The van der Waals surface area contributed by atoms with Crippen LogP contribution in [0.2, 0.25) is 0 Å². The highest BCUT2D eigenvalue weighted by Crippen LogP contribution is 2.23. The molecule has 1 rings (SSSR count). The highest BCUT2D eigenvalue weighted by atomic mass is 16.4. The molecule has 0 radical (unpaired) electrons. The molecule has 0 spiro atoms. The lowest BCUT2D eigenvalue weighted by atomic mass is 9.87. The van der Waals surface area contributed by atoms with E-state index in [4.69, 9.17) is 5.11 Å². The minimum atomic E-state index is -0.932. The van der Waals surface area contributed by atoms with Gasteiger partial charge in [-0.05, 0) is 24.5 Å². The Morgan fingerprint density at radius 2 is 2.00 bits per heavy atom. The molecule has 0 bridgehead atoms. The lowest BCUT2D eigenvalue weighted by Gasteiger charge is -2.35. The zero-order valence-electron chi connectivity index (χ0n) is 13.2. The molecule has 0 saturated heterocycles. The number of nitrogens with one attached hydrogen (secondary N) is 1. The number of aromatic nitrogens is 1. The van der Waals surface area contributed by atoms with Crippen molar-refractivity contribution in [3.05, 3.63) is 24.0 Å². The number of hydrogen-bond acceptors (Lipinski definition) is 3. The minimum Gasteiger partial charge on any atom is -0.481 e. The molecule has 6 heteroatoms. The van der Waals surface area contributed by atoms with Crippen molar-refractivity contribution < 1.29 is 14.7 Å². The summed E-state index contributed by atoms with van der Waals surface area (Å²) in [6.45, 7) is 8.21. The number of pyridine rings is 1. The van der Waals surface area contributed by atoms with E-state index in [-0.39, 0.29) is 23.9 Å². The van der Waals surface area contributed by atoms with Gasteiger partial charge in [-0.1, -0.05) is 20.8 Å². The maximum atomic E-state index is 12.2. The fraction of sp³-hybridized carbons (Fsp3) is 0.533. The Morgan fingerprint density at radius 3 is 2.43 bits per heavy atom. The molecule has 6 nitrogen and oxygen atoms in total. The van der Waals surface area contributed by atoms with Gasteiger partial charge in [-0.3, -0.25) is 9.78 Å². The normalized spacial score (nSPS) is 12.6. The van der Waals surface area contributed by atoms with E-state index >= 15 is 0 Å². The zero-order valence-corrected chi connectivity index (χ0v) is 13.2. The summed E-state index contributed by atoms with van der Waals surface area (Å²) in [7, 11) is 1.75. The van der Waals surface area contributed by atoms with Gasteiger partial charge in [0.15, 0.2) is 0 Å². The molecular formula is C15H23N3O3. The molecule has 0 aliphatic heterocycles. The van der Waals surface area contributed by atoms with Gasteiger partial charge in [-0.15, -0.1) is 0 Å². The molecule has 0 fully saturated rings. The number of carboxylic acid groups (broad SMARTS) is 1. The van der Waals surface area contributed by atoms with Crippen LogP contribution in [0.25, 0.3) is 0 Å². The largest absolute Gasteiger partial charge is 0.481 e. The Kier molecular flexibility index (Phi) is 5.29. The van der Waals surface area contributed by atoms with Gasteiger partial charge >= 0.3 is 12.0 Å². The predicted octanol–water partition coefficient (Wildman–Crippen LogP) is 2.61. The second-order valence-electron chi connectivity index (χ2n) is 6.19. The lowest BCUT2D eigenvalue weighted by molar-refractivity contribution is -0.136. The van der Waals surface area contributed by atoms with Crippen LogP contribution in [0.5, 0.6) is 0 Å². The van der Waals surface area contributed by atoms with Crippen molar-refractivity contribution >= 4 is 17.7 Å². The standard InChI is InChI=1S/C15H23N3O3/c1-10(15(2,3)4)18(5)14(21)17-12-7-6-11(16-9-12)8-13(19)20/h6-7,9-10H,8H2,1-5H3,(H,17,21)(H,19,20). The summed E-state index contributed by atoms with van der Waals surface area (Å²) >= 11 is 0. The molecule has 0 saturated carbocycles. The molecule has 0 aromatic carbocycles. The molecule has 2 N–H and O–H groups in total. The first-order valence-corrected chi connectivity index (χ1v) is 6.82. The minimum absolute atomic E-state index is 0.0182. The van der Waals surface area contributed by atoms with Crippen LogP contribution >= 0.6 is 0 Å². The van der Waals surface area contributed by atoms with E-state index in [1.54, 1.807) is 24.1 Å². The van der Waals surface area contributed by atoms with Crippen LogP contribution in [0.4, 0.5) is 10.5 Å². The number of anilines is 1. The van der Waals surface area contributed by atoms with Crippen molar-refractivity contribution in [2.75, 3.05) is 12.4 Å². The summed E-state index contributed by atoms with van der Waals surface area (Å²) in [5, 5.41) is 11.4. The Labute approximate surface area is 125 Å². The van der Waals surface area contributed by atoms with E-state index < -0.39 is 5.97 Å². The number of carboxylic acids is 1. The van der Waals surface area contributed by atoms with E-state index in [2.05, 4.69) is 31.1 Å². The van der Waals surface area contributed by atoms with Gasteiger partial charge in [0.05, 0.1) is 24.0 Å². The average Bonchev–Trinajstić information content (AvgIpc) is 2.37. The lowest BCUT2D eigenvalue weighted by Crippen LogP contribution is -2.44. The Morgan fingerprint density at radius 1 is 1.38 bits per heavy atom. The first-order valence-electron chi connectivity index (χ1n) is 6.82. The topological polar surface area (TPSA) is 82.5 Å². The monoisotopic (exact) mass is 293 g/mol. The fourth-order valence-electron chi connectivity index (χ4n) is 1.73. The number of nitrogens with zero attached hydrogens (tertiary/aromatic N) is 2. The van der Waals surface area contributed by atoms with Crippen LogP contribution in [0.3, 0.4) is 0 Å². The quantitative estimate of drug-likeness (QED) is 0.894. The molecule has 1 unspecified atom stereocenters. The van der Waals surface area contributed by atoms with Gasteiger partial charge in [0.2, 0.25) is 0 Å². The second kappa shape index (κ2) is 6.56. The van der Waals surface area contributed by atoms with Crippen molar-refractivity contribution in [2.45, 2.75) is 40.2 Å². The summed E-state index contributed by atoms with van der Waals surface area (Å²) in [4.78, 5) is 28.4. The second-order valence-corrected chi connectivity index (χ2v) is 6.19. The van der Waals surface area contributed by atoms with E-state index in [0.717, 1.165) is 0 Å². The van der Waals surface area contributed by atoms with Gasteiger partial charge in [0.1, 0.15) is 0 Å². The maximum Gasteiger partial charge on any atom is 0.321 e. The summed E-state index contributed by atoms with van der Waals surface area (Å²) in [6.07, 6.45) is 1.33. The molecule has 1 aromatic rings. The van der Waals surface area contributed by atoms with E-state index in [1.165, 1.54) is 6.20 Å². The molecule has 1 atom stereocenters. The SMILES string of the molecule is CC(N(C)C(=O)Nc1ccc(CC(=O)O)nc1)C(C)(C)C. The first kappa shape index (κ1) is 16.9. The Balaban J connectivity index is 2.68. The number of hydrogen-bond donors (Lipinski definition) is 2. The Hall–Kier alpha value is -2.11. The van der Waals surface area contributed by atoms with Crippen molar-refractivity contribution in [1.29, 1.82) is 0 Å². The molecule has 1 heterocycles. The molecule has 2 amide bonds. The van der Waals surface area contributed by atoms with Crippen LogP contribution in [-0.2, 0) is 11.2 Å². The van der Waals surface area contributed by atoms with Gasteiger partial charge in [0, 0.05) is 13.1 Å². The van der Waals surface area contributed by atoms with E-state index in [9.17, 15) is 9.59 Å². The van der Waals surface area contributed by atoms with Crippen molar-refractivity contribution in [3.8, 4) is 0 Å². The van der Waals surface area contributed by atoms with Gasteiger partial charge < -0.3 is 15.3 Å². The maximum absolute atomic E-state index is 12.2. The summed E-state index contributed by atoms with van der Waals surface area (Å²) in [5.41, 5.74) is 0.981. The highest BCUT2D eigenvalue weighted by molar-refractivity contribution is 5.89. The number of amides is 2. The predicted molar refractivity (Wildman–Crippen MR) is 81.3 cm³/mol. The third kappa shape index (κ3) is 5.06. The van der Waals surface area contributed by atoms with Crippen LogP contribution in [-0.4, -0.2) is 40.1 Å². The Bertz CT molecular complexity index is 506. The molecular weight excluding hydrogens is 270 g/mol. The van der Waals surface area contributed by atoms with Crippen molar-refractivity contribution in [2.24, 2.45) is 5.41 Å². The highest BCUT2D eigenvalue weighted by Gasteiger charge is 2.26. The van der Waals surface area contributed by atoms with E-state index in [1.807, 2.05) is 6.92 Å². The van der Waals surface area contributed by atoms with Crippen LogP contribution in [0, 0.1) is 5.41 Å². The molecule has 1 aromatic heterocycles.